The topological polar surface area (TPSA) is 47.5 Å². The molecular formula is C22H15F9N6. The van der Waals surface area contributed by atoms with E-state index in [-0.39, 0.29) is 47.7 Å². The van der Waals surface area contributed by atoms with Crippen LogP contribution in [0.1, 0.15) is 17.0 Å². The zero-order valence-electron chi connectivity index (χ0n) is 18.6. The predicted molar refractivity (Wildman–Crippen MR) is 116 cm³/mol. The van der Waals surface area contributed by atoms with Crippen LogP contribution in [-0.2, 0) is 18.5 Å². The summed E-state index contributed by atoms with van der Waals surface area (Å²) in [6.07, 6.45) is -14.4. The third kappa shape index (κ3) is 4.42. The highest BCUT2D eigenvalue weighted by atomic mass is 19.4. The average Bonchev–Trinajstić information content (AvgIpc) is 3.37. The zero-order chi connectivity index (χ0) is 26.9. The van der Waals surface area contributed by atoms with Crippen LogP contribution >= 0.6 is 0 Å². The number of aromatic nitrogens is 2. The maximum atomic E-state index is 13.8. The van der Waals surface area contributed by atoms with Gasteiger partial charge in [-0.05, 0) is 42.5 Å². The molecule has 6 nitrogen and oxygen atoms in total. The number of fused-ring (bicyclic) bond motifs is 2. The maximum Gasteiger partial charge on any atom is 0.433 e. The Bertz CT molecular complexity index is 1370. The van der Waals surface area contributed by atoms with E-state index >= 15 is 0 Å². The van der Waals surface area contributed by atoms with Crippen LogP contribution < -0.4 is 20.0 Å². The molecule has 0 unspecified atom stereocenters. The Balaban J connectivity index is 1.64. The molecule has 37 heavy (non-hydrogen) atoms. The SMILES string of the molecule is CN1CN(c2cc(N3CNc4ccc(C(F)(F)F)nc43)cc(C(F)(F)F)c2)c2nc(C(F)(F)F)ccc21. The van der Waals surface area contributed by atoms with E-state index in [0.29, 0.717) is 0 Å². The van der Waals surface area contributed by atoms with E-state index in [1.54, 1.807) is 0 Å². The van der Waals surface area contributed by atoms with Crippen molar-refractivity contribution in [3.8, 4) is 0 Å². The van der Waals surface area contributed by atoms with Crippen LogP contribution in [0.2, 0.25) is 0 Å². The largest absolute Gasteiger partial charge is 0.433 e. The van der Waals surface area contributed by atoms with Gasteiger partial charge in [0.05, 0.1) is 30.3 Å². The Morgan fingerprint density at radius 3 is 1.86 bits per heavy atom. The summed E-state index contributed by atoms with van der Waals surface area (Å²) in [7, 11) is 1.53. The van der Waals surface area contributed by atoms with Crippen LogP contribution in [0, 0.1) is 0 Å². The Kier molecular flexibility index (Phi) is 5.39. The quantitative estimate of drug-likeness (QED) is 0.374. The van der Waals surface area contributed by atoms with Crippen molar-refractivity contribution in [2.45, 2.75) is 18.5 Å². The summed E-state index contributed by atoms with van der Waals surface area (Å²) in [5, 5.41) is 2.78. The minimum absolute atomic E-state index is 0.115. The van der Waals surface area contributed by atoms with Crippen molar-refractivity contribution in [3.63, 3.8) is 0 Å². The molecule has 0 amide bonds. The number of pyridine rings is 2. The van der Waals surface area contributed by atoms with E-state index in [9.17, 15) is 39.5 Å². The Labute approximate surface area is 202 Å². The standard InChI is InChI=1S/C22H15F9N6/c1-35-10-37(19-15(35)3-5-17(34-19)22(29,30)31)13-7-11(20(23,24)25)6-12(8-13)36-9-32-14-2-4-16(21(26,27)28)33-18(14)36/h2-8,32H,9-10H2,1H3. The van der Waals surface area contributed by atoms with Gasteiger partial charge < -0.3 is 20.0 Å². The fraction of sp³-hybridized carbons (Fsp3) is 0.273. The minimum atomic E-state index is -4.86. The third-order valence-corrected chi connectivity index (χ3v) is 5.87. The second kappa shape index (κ2) is 8.05. The molecule has 0 bridgehead atoms. The van der Waals surface area contributed by atoms with Crippen molar-refractivity contribution in [1.29, 1.82) is 0 Å². The molecule has 0 saturated heterocycles. The molecule has 2 aliphatic heterocycles. The molecule has 2 aliphatic rings. The van der Waals surface area contributed by atoms with Gasteiger partial charge in [0.2, 0.25) is 0 Å². The first kappa shape index (κ1) is 24.8. The number of rotatable bonds is 2. The molecule has 1 N–H and O–H groups in total. The van der Waals surface area contributed by atoms with Crippen LogP contribution in [0.3, 0.4) is 0 Å². The fourth-order valence-corrected chi connectivity index (χ4v) is 4.13. The lowest BCUT2D eigenvalue weighted by molar-refractivity contribution is -0.141. The van der Waals surface area contributed by atoms with Crippen molar-refractivity contribution in [1.82, 2.24) is 9.97 Å². The van der Waals surface area contributed by atoms with E-state index in [0.717, 1.165) is 35.2 Å². The van der Waals surface area contributed by atoms with Crippen molar-refractivity contribution >= 4 is 34.4 Å². The molecule has 0 saturated carbocycles. The Hall–Kier alpha value is -3.91. The molecule has 196 valence electrons. The number of anilines is 6. The fourth-order valence-electron chi connectivity index (χ4n) is 4.13. The van der Waals surface area contributed by atoms with E-state index in [1.807, 2.05) is 0 Å². The van der Waals surface area contributed by atoms with Crippen molar-refractivity contribution in [2.24, 2.45) is 0 Å². The van der Waals surface area contributed by atoms with Gasteiger partial charge in [-0.1, -0.05) is 0 Å². The summed E-state index contributed by atoms with van der Waals surface area (Å²) in [6, 6.07) is 6.53. The van der Waals surface area contributed by atoms with Crippen LogP contribution in [-0.4, -0.2) is 30.4 Å². The Morgan fingerprint density at radius 2 is 1.27 bits per heavy atom. The first-order valence-electron chi connectivity index (χ1n) is 10.5. The molecule has 2 aromatic heterocycles. The summed E-state index contributed by atoms with van der Waals surface area (Å²) in [5.41, 5.74) is -3.48. The van der Waals surface area contributed by atoms with Gasteiger partial charge in [0.15, 0.2) is 11.6 Å². The molecule has 0 atom stereocenters. The van der Waals surface area contributed by atoms with E-state index in [4.69, 9.17) is 0 Å². The van der Waals surface area contributed by atoms with Gasteiger partial charge in [-0.3, -0.25) is 0 Å². The second-order valence-electron chi connectivity index (χ2n) is 8.37. The molecule has 4 heterocycles. The number of alkyl halides is 9. The van der Waals surface area contributed by atoms with Crippen LogP contribution in [0.25, 0.3) is 0 Å². The molecule has 0 fully saturated rings. The molecule has 0 aliphatic carbocycles. The number of benzene rings is 1. The second-order valence-corrected chi connectivity index (χ2v) is 8.37. The van der Waals surface area contributed by atoms with E-state index < -0.39 is 35.5 Å². The minimum Gasteiger partial charge on any atom is -0.364 e. The predicted octanol–water partition coefficient (Wildman–Crippen LogP) is 6.60. The maximum absolute atomic E-state index is 13.8. The van der Waals surface area contributed by atoms with E-state index in [1.165, 1.54) is 29.0 Å². The summed E-state index contributed by atoms with van der Waals surface area (Å²) in [6.45, 7) is -0.299. The lowest BCUT2D eigenvalue weighted by Gasteiger charge is -2.25. The lowest BCUT2D eigenvalue weighted by atomic mass is 10.1. The van der Waals surface area contributed by atoms with Gasteiger partial charge in [-0.2, -0.15) is 39.5 Å². The van der Waals surface area contributed by atoms with Crippen LogP contribution in [0.4, 0.5) is 73.9 Å². The van der Waals surface area contributed by atoms with Crippen LogP contribution in [0.15, 0.2) is 42.5 Å². The van der Waals surface area contributed by atoms with Crippen LogP contribution in [0.5, 0.6) is 0 Å². The van der Waals surface area contributed by atoms with E-state index in [2.05, 4.69) is 15.3 Å². The third-order valence-electron chi connectivity index (χ3n) is 5.87. The van der Waals surface area contributed by atoms with Gasteiger partial charge in [-0.15, -0.1) is 0 Å². The van der Waals surface area contributed by atoms with Gasteiger partial charge in [0, 0.05) is 18.4 Å². The molecular weight excluding hydrogens is 519 g/mol. The van der Waals surface area contributed by atoms with Crippen molar-refractivity contribution < 1.29 is 39.5 Å². The normalized spacial score (nSPS) is 15.7. The van der Waals surface area contributed by atoms with Gasteiger partial charge >= 0.3 is 18.5 Å². The summed E-state index contributed by atoms with van der Waals surface area (Å²) in [5.74, 6) is -0.448. The lowest BCUT2D eigenvalue weighted by Crippen LogP contribution is -2.25. The van der Waals surface area contributed by atoms with Crippen molar-refractivity contribution in [3.05, 3.63) is 59.4 Å². The van der Waals surface area contributed by atoms with Gasteiger partial charge in [0.25, 0.3) is 0 Å². The van der Waals surface area contributed by atoms with Crippen molar-refractivity contribution in [2.75, 3.05) is 40.4 Å². The first-order chi connectivity index (χ1) is 17.1. The van der Waals surface area contributed by atoms with Gasteiger partial charge in [0.1, 0.15) is 11.4 Å². The smallest absolute Gasteiger partial charge is 0.364 e. The number of hydrogen-bond donors (Lipinski definition) is 1. The highest BCUT2D eigenvalue weighted by Gasteiger charge is 2.39. The molecule has 3 aromatic rings. The summed E-state index contributed by atoms with van der Waals surface area (Å²) < 4.78 is 121. The molecule has 15 heteroatoms. The molecule has 0 spiro atoms. The highest BCUT2D eigenvalue weighted by molar-refractivity contribution is 5.83. The molecule has 1 aromatic carbocycles. The number of halogens is 9. The first-order valence-corrected chi connectivity index (χ1v) is 10.5. The number of nitrogens with one attached hydrogen (secondary N) is 1. The zero-order valence-corrected chi connectivity index (χ0v) is 18.6. The monoisotopic (exact) mass is 534 g/mol. The summed E-state index contributed by atoms with van der Waals surface area (Å²) in [4.78, 5) is 11.0. The average molecular weight is 534 g/mol. The van der Waals surface area contributed by atoms with Gasteiger partial charge in [-0.25, -0.2) is 9.97 Å². The number of hydrogen-bond acceptors (Lipinski definition) is 6. The molecule has 0 radical (unpaired) electrons. The molecule has 5 rings (SSSR count). The summed E-state index contributed by atoms with van der Waals surface area (Å²) >= 11 is 0. The highest BCUT2D eigenvalue weighted by Crippen LogP contribution is 2.46. The Morgan fingerprint density at radius 1 is 0.703 bits per heavy atom. The number of nitrogens with zero attached hydrogens (tertiary/aromatic N) is 5.